The van der Waals surface area contributed by atoms with E-state index in [1.54, 1.807) is 0 Å². The van der Waals surface area contributed by atoms with Gasteiger partial charge in [-0.1, -0.05) is 224 Å². The van der Waals surface area contributed by atoms with E-state index in [0.717, 1.165) is 17.1 Å². The summed E-state index contributed by atoms with van der Waals surface area (Å²) in [6.07, 6.45) is 0. The maximum Gasteiger partial charge on any atom is 0.0512 e. The molecule has 12 aromatic rings. The Hall–Kier alpha value is -8.78. The lowest BCUT2D eigenvalue weighted by Crippen LogP contribution is -2.25. The van der Waals surface area contributed by atoms with Gasteiger partial charge in [-0.2, -0.15) is 0 Å². The Kier molecular flexibility index (Phi) is 9.70. The highest BCUT2D eigenvalue weighted by Crippen LogP contribution is 2.57. The third-order valence-electron chi connectivity index (χ3n) is 14.7. The molecule has 0 fully saturated rings. The summed E-state index contributed by atoms with van der Waals surface area (Å²) >= 11 is 0. The molecule has 0 heterocycles. The maximum atomic E-state index is 2.49. The van der Waals surface area contributed by atoms with Gasteiger partial charge in [0, 0.05) is 16.8 Å². The lowest BCUT2D eigenvalue weighted by Gasteiger charge is -2.35. The Balaban J connectivity index is 1.00. The summed E-state index contributed by atoms with van der Waals surface area (Å²) in [4.78, 5) is 2.49. The molecule has 0 saturated carbocycles. The van der Waals surface area contributed by atoms with Crippen molar-refractivity contribution in [1.29, 1.82) is 0 Å². The minimum atomic E-state index is -0.401. The molecular formula is C68H47N. The zero-order valence-corrected chi connectivity index (χ0v) is 38.4. The van der Waals surface area contributed by atoms with E-state index in [4.69, 9.17) is 0 Å². The zero-order valence-electron chi connectivity index (χ0n) is 38.4. The fourth-order valence-corrected chi connectivity index (χ4v) is 11.4. The van der Waals surface area contributed by atoms with Crippen molar-refractivity contribution in [3.05, 3.63) is 284 Å². The van der Waals surface area contributed by atoms with Gasteiger partial charge in [-0.15, -0.1) is 0 Å². The Morgan fingerprint density at radius 2 is 0.841 bits per heavy atom. The fraction of sp³-hybridized carbons (Fsp3) is 0.0294. The first-order valence-electron chi connectivity index (χ1n) is 24.0. The number of nitrogens with zero attached hydrogens (tertiary/aromatic N) is 1. The third kappa shape index (κ3) is 6.69. The molecule has 0 bridgehead atoms. The summed E-state index contributed by atoms with van der Waals surface area (Å²) in [5.74, 6) is 0. The van der Waals surface area contributed by atoms with Gasteiger partial charge in [0.15, 0.2) is 0 Å². The van der Waals surface area contributed by atoms with Crippen LogP contribution >= 0.6 is 0 Å². The van der Waals surface area contributed by atoms with E-state index in [9.17, 15) is 0 Å². The normalized spacial score (nSPS) is 13.9. The largest absolute Gasteiger partial charge is 0.310 e. The van der Waals surface area contributed by atoms with E-state index in [-0.39, 0.29) is 0 Å². The van der Waals surface area contributed by atoms with E-state index >= 15 is 0 Å². The first-order valence-corrected chi connectivity index (χ1v) is 24.0. The van der Waals surface area contributed by atoms with Crippen molar-refractivity contribution < 1.29 is 0 Å². The first kappa shape index (κ1) is 40.5. The molecule has 324 valence electrons. The summed E-state index contributed by atoms with van der Waals surface area (Å²) in [6, 6.07) is 98.4. The van der Waals surface area contributed by atoms with Crippen molar-refractivity contribution in [2.45, 2.75) is 12.3 Å². The summed E-state index contributed by atoms with van der Waals surface area (Å²) in [7, 11) is 0. The van der Waals surface area contributed by atoms with Crippen LogP contribution in [0.3, 0.4) is 0 Å². The topological polar surface area (TPSA) is 3.24 Å². The van der Waals surface area contributed by atoms with Crippen molar-refractivity contribution in [1.82, 2.24) is 0 Å². The van der Waals surface area contributed by atoms with Gasteiger partial charge in [-0.3, -0.25) is 0 Å². The highest BCUT2D eigenvalue weighted by molar-refractivity contribution is 6.22. The third-order valence-corrected chi connectivity index (χ3v) is 14.7. The van der Waals surface area contributed by atoms with Crippen LogP contribution in [0.2, 0.25) is 0 Å². The molecule has 1 aliphatic carbocycles. The molecule has 0 amide bonds. The molecule has 0 aromatic heterocycles. The first-order chi connectivity index (χ1) is 34.1. The second-order valence-electron chi connectivity index (χ2n) is 18.5. The van der Waals surface area contributed by atoms with Crippen LogP contribution < -0.4 is 4.90 Å². The van der Waals surface area contributed by atoms with E-state index in [0.29, 0.717) is 0 Å². The Morgan fingerprint density at radius 3 is 1.61 bits per heavy atom. The average molecular weight is 878 g/mol. The Bertz CT molecular complexity index is 3890. The van der Waals surface area contributed by atoms with Gasteiger partial charge in [-0.05, 0) is 154 Å². The molecule has 0 aliphatic heterocycles. The fourth-order valence-electron chi connectivity index (χ4n) is 11.4. The number of fused-ring (bicyclic) bond motifs is 7. The van der Waals surface area contributed by atoms with Crippen molar-refractivity contribution in [2.24, 2.45) is 0 Å². The highest BCUT2D eigenvalue weighted by atomic mass is 15.1. The van der Waals surface area contributed by atoms with E-state index < -0.39 is 5.41 Å². The van der Waals surface area contributed by atoms with Crippen LogP contribution in [-0.2, 0) is 5.41 Å². The van der Waals surface area contributed by atoms with Gasteiger partial charge in [0.2, 0.25) is 0 Å². The zero-order chi connectivity index (χ0) is 45.9. The second-order valence-corrected chi connectivity index (χ2v) is 18.5. The highest BCUT2D eigenvalue weighted by Gasteiger charge is 2.43. The van der Waals surface area contributed by atoms with Crippen LogP contribution in [0, 0.1) is 0 Å². The van der Waals surface area contributed by atoms with Crippen molar-refractivity contribution >= 4 is 49.4 Å². The molecule has 0 spiro atoms. The van der Waals surface area contributed by atoms with Gasteiger partial charge in [0.25, 0.3) is 0 Å². The van der Waals surface area contributed by atoms with Gasteiger partial charge in [0.05, 0.1) is 5.69 Å². The molecule has 0 saturated heterocycles. The summed E-state index contributed by atoms with van der Waals surface area (Å²) in [6.45, 7) is 2.42. The van der Waals surface area contributed by atoms with E-state index in [2.05, 4.69) is 279 Å². The predicted octanol–water partition coefficient (Wildman–Crippen LogP) is 18.6. The molecule has 0 N–H and O–H groups in total. The van der Waals surface area contributed by atoms with Crippen molar-refractivity contribution in [3.8, 4) is 55.6 Å². The molecule has 0 radical (unpaired) electrons. The molecule has 1 aliphatic rings. The molecule has 69 heavy (non-hydrogen) atoms. The number of hydrogen-bond donors (Lipinski definition) is 0. The molecule has 12 aromatic carbocycles. The predicted molar refractivity (Wildman–Crippen MR) is 293 cm³/mol. The van der Waals surface area contributed by atoms with Gasteiger partial charge in [-0.25, -0.2) is 0 Å². The van der Waals surface area contributed by atoms with Crippen LogP contribution in [0.15, 0.2) is 267 Å². The standard InChI is InChI=1S/C68H47N/c1-68(54-26-9-4-10-27-54)63-33-16-15-30-59(63)61-32-18-34-64(67(61)68)69(56-28-17-25-51(44-56)52-36-35-46-19-11-12-24-50(46)43-52)55-40-37-47(38-41-55)53-39-42-58-57-29-13-14-31-60(57)65(48-20-5-2-6-21-48)66(62(58)45-53)49-22-7-3-8-23-49/h2-45H,1H3. The van der Waals surface area contributed by atoms with Crippen molar-refractivity contribution in [3.63, 3.8) is 0 Å². The van der Waals surface area contributed by atoms with E-state index in [1.165, 1.54) is 105 Å². The molecule has 1 unspecified atom stereocenters. The number of rotatable bonds is 8. The quantitative estimate of drug-likeness (QED) is 0.138. The lowest BCUT2D eigenvalue weighted by atomic mass is 9.73. The molecular weight excluding hydrogens is 831 g/mol. The lowest BCUT2D eigenvalue weighted by molar-refractivity contribution is 0.714. The van der Waals surface area contributed by atoms with Crippen LogP contribution in [-0.4, -0.2) is 0 Å². The maximum absolute atomic E-state index is 2.49. The summed E-state index contributed by atoms with van der Waals surface area (Å²) < 4.78 is 0. The van der Waals surface area contributed by atoms with Crippen LogP contribution in [0.25, 0.3) is 88.0 Å². The number of hydrogen-bond acceptors (Lipinski definition) is 1. The Morgan fingerprint density at radius 1 is 0.304 bits per heavy atom. The minimum Gasteiger partial charge on any atom is -0.310 e. The van der Waals surface area contributed by atoms with Crippen LogP contribution in [0.4, 0.5) is 17.1 Å². The van der Waals surface area contributed by atoms with Gasteiger partial charge in [0.1, 0.15) is 0 Å². The SMILES string of the molecule is CC1(c2ccccc2)c2ccccc2-c2cccc(N(c3ccc(-c4ccc5c(c4)c(-c4ccccc4)c(-c4ccccc4)c4ccccc45)cc3)c3cccc(-c4ccc5ccccc5c4)c3)c21. The monoisotopic (exact) mass is 877 g/mol. The number of benzene rings is 12. The number of anilines is 3. The summed E-state index contributed by atoms with van der Waals surface area (Å²) in [5, 5.41) is 7.49. The van der Waals surface area contributed by atoms with Crippen LogP contribution in [0.1, 0.15) is 23.6 Å². The van der Waals surface area contributed by atoms with Gasteiger partial charge < -0.3 is 4.90 Å². The molecule has 13 rings (SSSR count). The molecule has 1 atom stereocenters. The molecule has 1 heteroatoms. The van der Waals surface area contributed by atoms with Gasteiger partial charge >= 0.3 is 0 Å². The Labute approximate surface area is 403 Å². The minimum absolute atomic E-state index is 0.401. The smallest absolute Gasteiger partial charge is 0.0512 e. The second kappa shape index (κ2) is 16.5. The average Bonchev–Trinajstić information content (AvgIpc) is 3.70. The van der Waals surface area contributed by atoms with Crippen LogP contribution in [0.5, 0.6) is 0 Å². The van der Waals surface area contributed by atoms with Crippen molar-refractivity contribution in [2.75, 3.05) is 4.90 Å². The van der Waals surface area contributed by atoms with E-state index in [1.807, 2.05) is 0 Å². The molecule has 1 nitrogen and oxygen atoms in total. The summed E-state index contributed by atoms with van der Waals surface area (Å²) in [5.41, 5.74) is 19.1.